The lowest BCUT2D eigenvalue weighted by Gasteiger charge is -1.94. The van der Waals surface area contributed by atoms with E-state index in [4.69, 9.17) is 18.8 Å². The smallest absolute Gasteiger partial charge is 0.170 e. The van der Waals surface area contributed by atoms with Crippen molar-refractivity contribution in [3.63, 3.8) is 0 Å². The first-order valence-corrected chi connectivity index (χ1v) is 11.8. The molecule has 174 valence electrons. The van der Waals surface area contributed by atoms with E-state index in [1.807, 2.05) is 36.4 Å². The van der Waals surface area contributed by atoms with Gasteiger partial charge in [0, 0.05) is 23.2 Å². The lowest BCUT2D eigenvalue weighted by molar-refractivity contribution is 0.629. The molecule has 10 bridgehead atoms. The summed E-state index contributed by atoms with van der Waals surface area (Å²) < 4.78 is 12.2. The van der Waals surface area contributed by atoms with Crippen molar-refractivity contribution in [3.8, 4) is 0 Å². The third kappa shape index (κ3) is 3.46. The first kappa shape index (κ1) is 21.4. The second-order valence-electron chi connectivity index (χ2n) is 9.45. The van der Waals surface area contributed by atoms with Crippen molar-refractivity contribution in [2.75, 3.05) is 0 Å². The highest BCUT2D eigenvalue weighted by atomic mass is 16.4. The van der Waals surface area contributed by atoms with E-state index in [0.717, 1.165) is 67.3 Å². The molecule has 0 saturated carbocycles. The summed E-state index contributed by atoms with van der Waals surface area (Å²) in [5.74, 6) is 0. The van der Waals surface area contributed by atoms with Crippen LogP contribution in [0.2, 0.25) is 0 Å². The van der Waals surface area contributed by atoms with Gasteiger partial charge in [0.2, 0.25) is 0 Å². The summed E-state index contributed by atoms with van der Waals surface area (Å²) in [4.78, 5) is 13.5. The average Bonchev–Trinajstić information content (AvgIpc) is 3.63. The van der Waals surface area contributed by atoms with E-state index in [0.29, 0.717) is 11.2 Å². The number of allylic oxidation sites excluding steroid dienone is 4. The zero-order valence-corrected chi connectivity index (χ0v) is 20.8. The van der Waals surface area contributed by atoms with E-state index in [1.165, 1.54) is 11.1 Å². The fourth-order valence-electron chi connectivity index (χ4n) is 4.62. The van der Waals surface area contributed by atoms with E-state index in [2.05, 4.69) is 58.7 Å². The first-order valence-electron chi connectivity index (χ1n) is 11.8. The van der Waals surface area contributed by atoms with Crippen LogP contribution < -0.4 is 0 Å². The fraction of sp³-hybridized carbons (Fsp3) is 0.200. The lowest BCUT2D eigenvalue weighted by Crippen LogP contribution is -1.77. The molecule has 2 aliphatic heterocycles. The summed E-state index contributed by atoms with van der Waals surface area (Å²) >= 11 is 0. The van der Waals surface area contributed by atoms with Crippen LogP contribution in [0.15, 0.2) is 57.4 Å². The highest BCUT2D eigenvalue weighted by molar-refractivity contribution is 5.93. The molecule has 0 radical (unpaired) electrons. The number of H-pyrrole nitrogens is 1. The van der Waals surface area contributed by atoms with Gasteiger partial charge in [0.1, 0.15) is 11.2 Å². The minimum Gasteiger partial charge on any atom is -0.453 e. The lowest BCUT2D eigenvalue weighted by atomic mass is 10.1. The second kappa shape index (κ2) is 7.70. The highest BCUT2D eigenvalue weighted by Crippen LogP contribution is 2.33. The second-order valence-corrected chi connectivity index (χ2v) is 9.45. The maximum atomic E-state index is 6.10. The van der Waals surface area contributed by atoms with Crippen molar-refractivity contribution in [3.05, 3.63) is 82.4 Å². The molecular formula is C30H27N3O2. The van der Waals surface area contributed by atoms with Gasteiger partial charge in [-0.1, -0.05) is 0 Å². The monoisotopic (exact) mass is 461 g/mol. The number of aryl methyl sites for hydroxylation is 2. The van der Waals surface area contributed by atoms with Gasteiger partial charge in [-0.2, -0.15) is 0 Å². The minimum absolute atomic E-state index is 0.684. The number of rotatable bonds is 0. The molecule has 0 atom stereocenters. The van der Waals surface area contributed by atoms with Gasteiger partial charge in [0.05, 0.1) is 22.8 Å². The average molecular weight is 462 g/mol. The fourth-order valence-corrected chi connectivity index (χ4v) is 4.62. The number of furan rings is 2. The third-order valence-electron chi connectivity index (χ3n) is 7.40. The highest BCUT2D eigenvalue weighted by Gasteiger charge is 2.16. The van der Waals surface area contributed by atoms with Crippen LogP contribution in [0.1, 0.15) is 61.6 Å². The summed E-state index contributed by atoms with van der Waals surface area (Å²) in [6, 6.07) is 16.0. The van der Waals surface area contributed by atoms with Crippen LogP contribution in [0.4, 0.5) is 0 Å². The van der Waals surface area contributed by atoms with Crippen LogP contribution in [-0.2, 0) is 0 Å². The van der Waals surface area contributed by atoms with Gasteiger partial charge < -0.3 is 13.8 Å². The van der Waals surface area contributed by atoms with E-state index < -0.39 is 0 Å². The van der Waals surface area contributed by atoms with Gasteiger partial charge in [-0.3, -0.25) is 0 Å². The van der Waals surface area contributed by atoms with Crippen LogP contribution in [0.5, 0.6) is 0 Å². The molecule has 0 aliphatic carbocycles. The standard InChI is InChI=1S/C30H27N3O2/c1-15-17(3)25-13-27-19(5)20(6)28(33-27)14-26-18(4)16(2)24(32-26)12-22-8-10-30(35-22)29-9-7-21(34-29)11-23(15)31-25/h7-14,33H,1-6H3. The SMILES string of the molecule is CC1=C(C)c2cc3[nH]c(cc4nc(cc5ccc(o5)c5ccc(cc1n2)o5)C(C)=C4C)c(C)c3C. The Morgan fingerprint density at radius 3 is 1.29 bits per heavy atom. The normalized spacial score (nSPS) is 13.8. The Hall–Kier alpha value is -4.12. The predicted octanol–water partition coefficient (Wildman–Crippen LogP) is 8.41. The van der Waals surface area contributed by atoms with Crippen LogP contribution in [0.3, 0.4) is 0 Å². The van der Waals surface area contributed by atoms with Crippen molar-refractivity contribution in [2.45, 2.75) is 41.5 Å². The van der Waals surface area contributed by atoms with Gasteiger partial charge in [0.25, 0.3) is 0 Å². The summed E-state index contributed by atoms with van der Waals surface area (Å²) in [6.45, 7) is 12.7. The number of nitrogens with zero attached hydrogens (tertiary/aromatic N) is 2. The van der Waals surface area contributed by atoms with Gasteiger partial charge in [-0.15, -0.1) is 0 Å². The quantitative estimate of drug-likeness (QED) is 0.285. The molecule has 5 heteroatoms. The number of hydrogen-bond donors (Lipinski definition) is 1. The summed E-state index contributed by atoms with van der Waals surface area (Å²) in [5.41, 5.74) is 15.7. The Balaban J connectivity index is 1.75. The number of fused-ring (bicyclic) bond motifs is 11. The molecule has 1 N–H and O–H groups in total. The van der Waals surface area contributed by atoms with Gasteiger partial charge in [-0.05, 0) is 111 Å². The van der Waals surface area contributed by atoms with E-state index in [1.54, 1.807) is 0 Å². The van der Waals surface area contributed by atoms with E-state index in [-0.39, 0.29) is 0 Å². The largest absolute Gasteiger partial charge is 0.453 e. The van der Waals surface area contributed by atoms with Crippen molar-refractivity contribution >= 4 is 55.7 Å². The molecule has 5 nitrogen and oxygen atoms in total. The third-order valence-corrected chi connectivity index (χ3v) is 7.40. The zero-order valence-electron chi connectivity index (χ0n) is 20.8. The Bertz CT molecular complexity index is 1680. The summed E-state index contributed by atoms with van der Waals surface area (Å²) in [6.07, 6.45) is 0. The molecule has 4 aromatic rings. The number of aromatic amines is 1. The molecule has 35 heavy (non-hydrogen) atoms. The van der Waals surface area contributed by atoms with Gasteiger partial charge >= 0.3 is 0 Å². The Morgan fingerprint density at radius 1 is 0.514 bits per heavy atom. The zero-order chi connectivity index (χ0) is 24.4. The molecule has 0 spiro atoms. The van der Waals surface area contributed by atoms with Gasteiger partial charge in [0.15, 0.2) is 11.2 Å². The molecule has 0 aromatic carbocycles. The predicted molar refractivity (Wildman–Crippen MR) is 143 cm³/mol. The van der Waals surface area contributed by atoms with Crippen molar-refractivity contribution < 1.29 is 8.83 Å². The van der Waals surface area contributed by atoms with Crippen molar-refractivity contribution in [1.29, 1.82) is 0 Å². The maximum Gasteiger partial charge on any atom is 0.170 e. The van der Waals surface area contributed by atoms with Crippen LogP contribution in [-0.4, -0.2) is 15.0 Å². The number of hydrogen-bond acceptors (Lipinski definition) is 4. The summed E-state index contributed by atoms with van der Waals surface area (Å²) in [5, 5.41) is 0. The number of nitrogens with one attached hydrogen (secondary N) is 1. The molecule has 0 fully saturated rings. The molecular weight excluding hydrogens is 434 g/mol. The summed E-state index contributed by atoms with van der Waals surface area (Å²) in [7, 11) is 0. The van der Waals surface area contributed by atoms with Crippen LogP contribution >= 0.6 is 0 Å². The molecule has 2 aliphatic rings. The molecule has 4 aromatic heterocycles. The molecule has 0 amide bonds. The Labute approximate surface area is 203 Å². The maximum absolute atomic E-state index is 6.10. The Kier molecular flexibility index (Phi) is 4.71. The molecule has 6 heterocycles. The van der Waals surface area contributed by atoms with Gasteiger partial charge in [-0.25, -0.2) is 9.97 Å². The molecule has 0 saturated heterocycles. The van der Waals surface area contributed by atoms with E-state index >= 15 is 0 Å². The molecule has 0 unspecified atom stereocenters. The molecule has 6 rings (SSSR count). The van der Waals surface area contributed by atoms with Crippen molar-refractivity contribution in [1.82, 2.24) is 15.0 Å². The first-order chi connectivity index (χ1) is 16.8. The topological polar surface area (TPSA) is 67.8 Å². The van der Waals surface area contributed by atoms with E-state index in [9.17, 15) is 0 Å². The van der Waals surface area contributed by atoms with Crippen molar-refractivity contribution in [2.24, 2.45) is 0 Å². The minimum atomic E-state index is 0.684. The van der Waals surface area contributed by atoms with Crippen LogP contribution in [0.25, 0.3) is 55.7 Å². The Morgan fingerprint density at radius 2 is 0.886 bits per heavy atom. The van der Waals surface area contributed by atoms with Crippen LogP contribution in [0, 0.1) is 13.8 Å². The number of aromatic nitrogens is 3.